The molecule has 2 atom stereocenters. The number of rotatable bonds is 2. The molecule has 20 heavy (non-hydrogen) atoms. The molecule has 1 aromatic carbocycles. The molecule has 1 heterocycles. The summed E-state index contributed by atoms with van der Waals surface area (Å²) in [6, 6.07) is 5.06. The van der Waals surface area contributed by atoms with E-state index in [1.54, 1.807) is 24.1 Å². The van der Waals surface area contributed by atoms with Crippen molar-refractivity contribution in [3.63, 3.8) is 0 Å². The van der Waals surface area contributed by atoms with Gasteiger partial charge in [0.1, 0.15) is 5.75 Å². The van der Waals surface area contributed by atoms with Gasteiger partial charge in [0.05, 0.1) is 0 Å². The molecular weight excluding hydrogens is 264 g/mol. The number of hydrogen-bond acceptors (Lipinski definition) is 2. The van der Waals surface area contributed by atoms with E-state index in [0.29, 0.717) is 11.1 Å². The molecule has 1 aliphatic heterocycles. The van der Waals surface area contributed by atoms with Crippen molar-refractivity contribution in [2.45, 2.75) is 44.3 Å². The van der Waals surface area contributed by atoms with Gasteiger partial charge < -0.3 is 9.64 Å². The molecule has 1 fully saturated rings. The summed E-state index contributed by atoms with van der Waals surface area (Å²) in [6.07, 6.45) is 3.75. The largest absolute Gasteiger partial charge is 0.435 e. The molecule has 0 N–H and O–H groups in total. The van der Waals surface area contributed by atoms with E-state index in [1.165, 1.54) is 6.07 Å². The van der Waals surface area contributed by atoms with Crippen molar-refractivity contribution in [2.24, 2.45) is 0 Å². The summed E-state index contributed by atoms with van der Waals surface area (Å²) in [5.41, 5.74) is 1.19. The summed E-state index contributed by atoms with van der Waals surface area (Å²) in [5, 5.41) is 0. The Balaban J connectivity index is 2.11. The molecule has 3 rings (SSSR count). The van der Waals surface area contributed by atoms with Gasteiger partial charge in [0.25, 0.3) is 5.91 Å². The molecule has 1 aromatic rings. The minimum absolute atomic E-state index is 0.0888. The van der Waals surface area contributed by atoms with Crippen molar-refractivity contribution in [3.8, 4) is 5.75 Å². The zero-order chi connectivity index (χ0) is 14.3. The van der Waals surface area contributed by atoms with E-state index in [2.05, 4.69) is 4.74 Å². The number of alkyl halides is 2. The number of amides is 1. The van der Waals surface area contributed by atoms with Crippen LogP contribution in [0.1, 0.15) is 47.5 Å². The van der Waals surface area contributed by atoms with Crippen molar-refractivity contribution in [2.75, 3.05) is 7.05 Å². The van der Waals surface area contributed by atoms with Crippen molar-refractivity contribution >= 4 is 5.91 Å². The van der Waals surface area contributed by atoms with Gasteiger partial charge in [0, 0.05) is 24.2 Å². The highest BCUT2D eigenvalue weighted by Crippen LogP contribution is 2.44. The number of carbonyl (C=O) groups is 1. The van der Waals surface area contributed by atoms with Gasteiger partial charge in [-0.05, 0) is 37.3 Å². The van der Waals surface area contributed by atoms with E-state index in [0.717, 1.165) is 25.7 Å². The quantitative estimate of drug-likeness (QED) is 0.831. The standard InChI is InChI=1S/C15H17F2NO2/c1-18-10-5-2-4-9(8-10)13-11(14(18)19)6-3-7-12(13)20-15(16)17/h3,6-7,9-10,15H,2,4-5,8H2,1H3/t9-,10?/m1/s1. The first-order chi connectivity index (χ1) is 9.58. The van der Waals surface area contributed by atoms with Crippen molar-refractivity contribution in [1.29, 1.82) is 0 Å². The van der Waals surface area contributed by atoms with Gasteiger partial charge in [0.2, 0.25) is 0 Å². The molecule has 2 aliphatic rings. The van der Waals surface area contributed by atoms with E-state index in [4.69, 9.17) is 0 Å². The summed E-state index contributed by atoms with van der Waals surface area (Å²) < 4.78 is 29.8. The Morgan fingerprint density at radius 2 is 2.15 bits per heavy atom. The van der Waals surface area contributed by atoms with Crippen LogP contribution in [-0.2, 0) is 0 Å². The smallest absolute Gasteiger partial charge is 0.387 e. The third kappa shape index (κ3) is 2.15. The molecule has 5 heteroatoms. The Morgan fingerprint density at radius 1 is 1.35 bits per heavy atom. The zero-order valence-electron chi connectivity index (χ0n) is 11.3. The normalized spacial score (nSPS) is 25.4. The predicted molar refractivity (Wildman–Crippen MR) is 70.2 cm³/mol. The summed E-state index contributed by atoms with van der Waals surface area (Å²) in [7, 11) is 1.80. The highest BCUT2D eigenvalue weighted by Gasteiger charge is 2.37. The van der Waals surface area contributed by atoms with Crippen molar-refractivity contribution in [3.05, 3.63) is 29.3 Å². The second-order valence-electron chi connectivity index (χ2n) is 5.53. The van der Waals surface area contributed by atoms with Crippen molar-refractivity contribution < 1.29 is 18.3 Å². The lowest BCUT2D eigenvalue weighted by molar-refractivity contribution is -0.0507. The van der Waals surface area contributed by atoms with Crippen LogP contribution in [0.25, 0.3) is 0 Å². The van der Waals surface area contributed by atoms with Crippen LogP contribution in [0.3, 0.4) is 0 Å². The maximum absolute atomic E-state index is 12.6. The number of fused-ring (bicyclic) bond motifs is 4. The lowest BCUT2D eigenvalue weighted by Gasteiger charge is -2.32. The van der Waals surface area contributed by atoms with Crippen LogP contribution in [0.4, 0.5) is 8.78 Å². The summed E-state index contributed by atoms with van der Waals surface area (Å²) in [4.78, 5) is 14.3. The fourth-order valence-electron chi connectivity index (χ4n) is 3.48. The third-order valence-corrected chi connectivity index (χ3v) is 4.44. The lowest BCUT2D eigenvalue weighted by atomic mass is 9.80. The van der Waals surface area contributed by atoms with E-state index in [1.807, 2.05) is 0 Å². The predicted octanol–water partition coefficient (Wildman–Crippen LogP) is 3.40. The van der Waals surface area contributed by atoms with E-state index in [9.17, 15) is 13.6 Å². The van der Waals surface area contributed by atoms with Gasteiger partial charge in [-0.3, -0.25) is 4.79 Å². The number of benzene rings is 1. The molecule has 108 valence electrons. The fraction of sp³-hybridized carbons (Fsp3) is 0.533. The molecule has 0 radical (unpaired) electrons. The summed E-state index contributed by atoms with van der Waals surface area (Å²) >= 11 is 0. The first kappa shape index (κ1) is 13.3. The van der Waals surface area contributed by atoms with Gasteiger partial charge >= 0.3 is 6.61 Å². The Bertz CT molecular complexity index is 533. The Kier molecular flexibility index (Phi) is 3.36. The summed E-state index contributed by atoms with van der Waals surface area (Å²) in [5.74, 6) is 0.202. The van der Waals surface area contributed by atoms with Gasteiger partial charge in [-0.25, -0.2) is 0 Å². The summed E-state index contributed by atoms with van der Waals surface area (Å²) in [6.45, 7) is -2.86. The highest BCUT2D eigenvalue weighted by molar-refractivity contribution is 5.97. The van der Waals surface area contributed by atoms with Gasteiger partial charge in [-0.15, -0.1) is 0 Å². The molecule has 2 bridgehead atoms. The molecule has 1 aliphatic carbocycles. The van der Waals surface area contributed by atoms with Crippen LogP contribution in [0.5, 0.6) is 5.75 Å². The Hall–Kier alpha value is -1.65. The average molecular weight is 281 g/mol. The average Bonchev–Trinajstić information content (AvgIpc) is 2.50. The number of halogens is 2. The van der Waals surface area contributed by atoms with Crippen LogP contribution in [0, 0.1) is 0 Å². The highest BCUT2D eigenvalue weighted by atomic mass is 19.3. The number of carbonyl (C=O) groups excluding carboxylic acids is 1. The number of nitrogens with zero attached hydrogens (tertiary/aromatic N) is 1. The molecule has 0 aromatic heterocycles. The molecule has 1 amide bonds. The number of hydrogen-bond donors (Lipinski definition) is 0. The fourth-order valence-corrected chi connectivity index (χ4v) is 3.48. The first-order valence-corrected chi connectivity index (χ1v) is 6.93. The Morgan fingerprint density at radius 3 is 2.90 bits per heavy atom. The molecule has 0 saturated heterocycles. The first-order valence-electron chi connectivity index (χ1n) is 6.93. The molecule has 1 unspecified atom stereocenters. The maximum atomic E-state index is 12.6. The zero-order valence-corrected chi connectivity index (χ0v) is 11.3. The number of ether oxygens (including phenoxy) is 1. The topological polar surface area (TPSA) is 29.5 Å². The van der Waals surface area contributed by atoms with E-state index < -0.39 is 6.61 Å². The van der Waals surface area contributed by atoms with Crippen LogP contribution in [-0.4, -0.2) is 30.5 Å². The van der Waals surface area contributed by atoms with Gasteiger partial charge in [0.15, 0.2) is 0 Å². The Labute approximate surface area is 116 Å². The third-order valence-electron chi connectivity index (χ3n) is 4.44. The molecular formula is C15H17F2NO2. The monoisotopic (exact) mass is 281 g/mol. The van der Waals surface area contributed by atoms with Crippen LogP contribution in [0.2, 0.25) is 0 Å². The maximum Gasteiger partial charge on any atom is 0.387 e. The van der Waals surface area contributed by atoms with Gasteiger partial charge in [-0.2, -0.15) is 8.78 Å². The second kappa shape index (κ2) is 5.04. The molecule has 1 saturated carbocycles. The minimum atomic E-state index is -2.86. The van der Waals surface area contributed by atoms with Crippen LogP contribution in [0.15, 0.2) is 18.2 Å². The molecule has 0 spiro atoms. The van der Waals surface area contributed by atoms with Crippen molar-refractivity contribution in [1.82, 2.24) is 4.90 Å². The van der Waals surface area contributed by atoms with Crippen LogP contribution < -0.4 is 4.74 Å². The molecule has 3 nitrogen and oxygen atoms in total. The van der Waals surface area contributed by atoms with E-state index in [-0.39, 0.29) is 23.6 Å². The van der Waals surface area contributed by atoms with Gasteiger partial charge in [-0.1, -0.05) is 12.5 Å². The van der Waals surface area contributed by atoms with E-state index >= 15 is 0 Å². The van der Waals surface area contributed by atoms with Crippen LogP contribution >= 0.6 is 0 Å². The second-order valence-corrected chi connectivity index (χ2v) is 5.53. The minimum Gasteiger partial charge on any atom is -0.435 e. The SMILES string of the molecule is CN1C(=O)c2cccc(OC(F)F)c2[C@@H]2CCCC1C2. The lowest BCUT2D eigenvalue weighted by Crippen LogP contribution is -2.37.